The van der Waals surface area contributed by atoms with Crippen LogP contribution in [-0.2, 0) is 17.5 Å². The van der Waals surface area contributed by atoms with E-state index < -0.39 is 60.9 Å². The SMILES string of the molecule is O=C([C@@H]1CC[C@@H](O)c2nn(Cc3ncc(C(F)(F)F)cc3Cl)c(=O)n21)N1CCC(F)(F)C1. The summed E-state index contributed by atoms with van der Waals surface area (Å²) in [5, 5.41) is 13.9. The lowest BCUT2D eigenvalue weighted by Gasteiger charge is -2.29. The maximum atomic E-state index is 13.5. The van der Waals surface area contributed by atoms with Crippen molar-refractivity contribution in [3.05, 3.63) is 44.9 Å². The average molecular weight is 482 g/mol. The van der Waals surface area contributed by atoms with Gasteiger partial charge in [-0.25, -0.2) is 18.3 Å². The minimum atomic E-state index is -4.65. The molecule has 2 aromatic rings. The van der Waals surface area contributed by atoms with Crippen LogP contribution in [-0.4, -0.2) is 54.3 Å². The summed E-state index contributed by atoms with van der Waals surface area (Å²) in [7, 11) is 0. The fourth-order valence-electron chi connectivity index (χ4n) is 3.88. The van der Waals surface area contributed by atoms with Crippen molar-refractivity contribution < 1.29 is 31.9 Å². The first-order valence-electron chi connectivity index (χ1n) is 9.63. The molecular weight excluding hydrogens is 465 g/mol. The van der Waals surface area contributed by atoms with E-state index in [0.29, 0.717) is 12.3 Å². The first-order chi connectivity index (χ1) is 14.9. The van der Waals surface area contributed by atoms with Crippen LogP contribution in [0.3, 0.4) is 0 Å². The summed E-state index contributed by atoms with van der Waals surface area (Å²) in [5.41, 5.74) is -1.97. The van der Waals surface area contributed by atoms with Gasteiger partial charge in [0.15, 0.2) is 5.82 Å². The van der Waals surface area contributed by atoms with Crippen LogP contribution in [0.25, 0.3) is 0 Å². The highest BCUT2D eigenvalue weighted by atomic mass is 35.5. The zero-order valence-corrected chi connectivity index (χ0v) is 17.1. The van der Waals surface area contributed by atoms with Gasteiger partial charge in [-0.2, -0.15) is 18.3 Å². The molecule has 0 aliphatic carbocycles. The highest BCUT2D eigenvalue weighted by Crippen LogP contribution is 2.34. The molecule has 4 rings (SSSR count). The molecule has 2 aliphatic heterocycles. The average Bonchev–Trinajstić information content (AvgIpc) is 3.23. The van der Waals surface area contributed by atoms with Gasteiger partial charge in [-0.05, 0) is 18.9 Å². The van der Waals surface area contributed by atoms with Gasteiger partial charge in [0.1, 0.15) is 12.1 Å². The smallest absolute Gasteiger partial charge is 0.385 e. The van der Waals surface area contributed by atoms with Crippen LogP contribution >= 0.6 is 11.6 Å². The Bertz CT molecular complexity index is 1120. The molecule has 2 aliphatic rings. The van der Waals surface area contributed by atoms with Crippen LogP contribution in [0.4, 0.5) is 22.0 Å². The molecule has 0 aromatic carbocycles. The first-order valence-corrected chi connectivity index (χ1v) is 10.0. The summed E-state index contributed by atoms with van der Waals surface area (Å²) in [6, 6.07) is -0.459. The highest BCUT2D eigenvalue weighted by Gasteiger charge is 2.44. The monoisotopic (exact) mass is 481 g/mol. The molecule has 174 valence electrons. The number of carbonyl (C=O) groups is 1. The molecular formula is C18H17ClF5N5O3. The third-order valence-corrected chi connectivity index (χ3v) is 5.86. The van der Waals surface area contributed by atoms with Crippen molar-refractivity contribution in [3.63, 3.8) is 0 Å². The number of amides is 1. The topological polar surface area (TPSA) is 93.2 Å². The van der Waals surface area contributed by atoms with Crippen molar-refractivity contribution in [2.75, 3.05) is 13.1 Å². The molecule has 2 aromatic heterocycles. The number of aliphatic hydroxyl groups excluding tert-OH is 1. The third kappa shape index (κ3) is 4.10. The minimum Gasteiger partial charge on any atom is -0.385 e. The molecule has 4 heterocycles. The summed E-state index contributed by atoms with van der Waals surface area (Å²) < 4.78 is 67.3. The van der Waals surface area contributed by atoms with E-state index in [0.717, 1.165) is 14.1 Å². The molecule has 0 saturated carbocycles. The first kappa shape index (κ1) is 22.6. The van der Waals surface area contributed by atoms with Crippen molar-refractivity contribution >= 4 is 17.5 Å². The van der Waals surface area contributed by atoms with E-state index in [1.807, 2.05) is 0 Å². The lowest BCUT2D eigenvalue weighted by atomic mass is 10.0. The molecule has 1 saturated heterocycles. The second-order valence-corrected chi connectivity index (χ2v) is 8.20. The van der Waals surface area contributed by atoms with E-state index in [9.17, 15) is 36.6 Å². The van der Waals surface area contributed by atoms with Gasteiger partial charge >= 0.3 is 11.9 Å². The number of fused-ring (bicyclic) bond motifs is 1. The fourth-order valence-corrected chi connectivity index (χ4v) is 4.11. The highest BCUT2D eigenvalue weighted by molar-refractivity contribution is 6.31. The number of aliphatic hydroxyl groups is 1. The van der Waals surface area contributed by atoms with Crippen LogP contribution in [0.2, 0.25) is 5.02 Å². The van der Waals surface area contributed by atoms with E-state index in [2.05, 4.69) is 10.1 Å². The molecule has 0 unspecified atom stereocenters. The molecule has 1 fully saturated rings. The number of rotatable bonds is 3. The lowest BCUT2D eigenvalue weighted by Crippen LogP contribution is -2.43. The van der Waals surface area contributed by atoms with Crippen LogP contribution in [0.5, 0.6) is 0 Å². The molecule has 32 heavy (non-hydrogen) atoms. The predicted octanol–water partition coefficient (Wildman–Crippen LogP) is 2.40. The number of aromatic nitrogens is 4. The van der Waals surface area contributed by atoms with Gasteiger partial charge in [0, 0.05) is 19.2 Å². The van der Waals surface area contributed by atoms with Crippen LogP contribution in [0, 0.1) is 0 Å². The summed E-state index contributed by atoms with van der Waals surface area (Å²) in [5.74, 6) is -3.82. The summed E-state index contributed by atoms with van der Waals surface area (Å²) >= 11 is 5.89. The van der Waals surface area contributed by atoms with E-state index in [1.54, 1.807) is 0 Å². The quantitative estimate of drug-likeness (QED) is 0.680. The Morgan fingerprint density at radius 2 is 2.03 bits per heavy atom. The Morgan fingerprint density at radius 1 is 1.31 bits per heavy atom. The van der Waals surface area contributed by atoms with Crippen molar-refractivity contribution in [1.82, 2.24) is 24.2 Å². The Labute approximate surface area is 182 Å². The minimum absolute atomic E-state index is 0.0416. The van der Waals surface area contributed by atoms with Gasteiger partial charge in [-0.3, -0.25) is 14.3 Å². The van der Waals surface area contributed by atoms with Crippen molar-refractivity contribution in [2.24, 2.45) is 0 Å². The van der Waals surface area contributed by atoms with Gasteiger partial charge in [-0.15, -0.1) is 0 Å². The second-order valence-electron chi connectivity index (χ2n) is 7.79. The number of nitrogens with zero attached hydrogens (tertiary/aromatic N) is 5. The van der Waals surface area contributed by atoms with Gasteiger partial charge in [-0.1, -0.05) is 11.6 Å². The Hall–Kier alpha value is -2.54. The van der Waals surface area contributed by atoms with E-state index in [1.165, 1.54) is 0 Å². The largest absolute Gasteiger partial charge is 0.417 e. The van der Waals surface area contributed by atoms with Crippen LogP contribution in [0.15, 0.2) is 17.1 Å². The summed E-state index contributed by atoms with van der Waals surface area (Å²) in [6.45, 7) is -1.33. The van der Waals surface area contributed by atoms with Gasteiger partial charge in [0.2, 0.25) is 5.91 Å². The standard InChI is InChI=1S/C18H17ClF5N5O3/c19-10-5-9(18(22,23)24)6-25-11(10)7-28-16(32)29-12(1-2-13(30)14(29)26-28)15(31)27-4-3-17(20,21)8-27/h5-6,12-13,30H,1-4,7-8H2/t12-,13+/m0/s1. The molecule has 8 nitrogen and oxygen atoms in total. The number of likely N-dealkylation sites (tertiary alicyclic amines) is 1. The van der Waals surface area contributed by atoms with Crippen LogP contribution < -0.4 is 5.69 Å². The van der Waals surface area contributed by atoms with Crippen molar-refractivity contribution in [3.8, 4) is 0 Å². The van der Waals surface area contributed by atoms with E-state index in [-0.39, 0.29) is 35.9 Å². The molecule has 0 radical (unpaired) electrons. The van der Waals surface area contributed by atoms with Crippen molar-refractivity contribution in [1.29, 1.82) is 0 Å². The Kier molecular flexibility index (Phi) is 5.52. The van der Waals surface area contributed by atoms with E-state index in [4.69, 9.17) is 11.6 Å². The van der Waals surface area contributed by atoms with E-state index >= 15 is 0 Å². The fraction of sp³-hybridized carbons (Fsp3) is 0.556. The van der Waals surface area contributed by atoms with Crippen molar-refractivity contribution in [2.45, 2.75) is 50.1 Å². The number of carbonyl (C=O) groups excluding carboxylic acids is 1. The number of alkyl halides is 5. The Balaban J connectivity index is 1.65. The molecule has 2 atom stereocenters. The molecule has 1 N–H and O–H groups in total. The normalized spacial score (nSPS) is 22.8. The van der Waals surface area contributed by atoms with Gasteiger partial charge < -0.3 is 10.0 Å². The molecule has 1 amide bonds. The maximum Gasteiger partial charge on any atom is 0.417 e. The predicted molar refractivity (Wildman–Crippen MR) is 99.2 cm³/mol. The Morgan fingerprint density at radius 3 is 2.62 bits per heavy atom. The summed E-state index contributed by atoms with van der Waals surface area (Å²) in [4.78, 5) is 30.4. The lowest BCUT2D eigenvalue weighted by molar-refractivity contribution is -0.138. The zero-order valence-electron chi connectivity index (χ0n) is 16.3. The third-order valence-electron chi connectivity index (χ3n) is 5.53. The number of hydrogen-bond donors (Lipinski definition) is 1. The van der Waals surface area contributed by atoms with Crippen LogP contribution in [0.1, 0.15) is 48.5 Å². The number of halogens is 6. The maximum absolute atomic E-state index is 13.5. The van der Waals surface area contributed by atoms with Gasteiger partial charge in [0.25, 0.3) is 5.92 Å². The molecule has 14 heteroatoms. The zero-order chi connectivity index (χ0) is 23.4. The summed E-state index contributed by atoms with van der Waals surface area (Å²) in [6.07, 6.45) is -5.62. The number of hydrogen-bond acceptors (Lipinski definition) is 5. The molecule has 0 spiro atoms. The second kappa shape index (κ2) is 7.80. The molecule has 0 bridgehead atoms. The number of pyridine rings is 1. The van der Waals surface area contributed by atoms with Gasteiger partial charge in [0.05, 0.1) is 29.4 Å².